The zero-order valence-corrected chi connectivity index (χ0v) is 15.6. The summed E-state index contributed by atoms with van der Waals surface area (Å²) in [6.07, 6.45) is 0. The summed E-state index contributed by atoms with van der Waals surface area (Å²) in [6.45, 7) is 4.71. The third kappa shape index (κ3) is 4.55. The van der Waals surface area contributed by atoms with E-state index >= 15 is 0 Å². The Bertz CT molecular complexity index is 726. The SMILES string of the molecule is CC(C)c1ccccc1OCCNS(=O)(=O)c1ccc(Br)s1. The molecule has 120 valence electrons. The van der Waals surface area contributed by atoms with Crippen molar-refractivity contribution >= 4 is 37.3 Å². The highest BCUT2D eigenvalue weighted by Crippen LogP contribution is 2.26. The van der Waals surface area contributed by atoms with Gasteiger partial charge in [-0.1, -0.05) is 32.0 Å². The second-order valence-corrected chi connectivity index (χ2v) is 9.45. The molecule has 22 heavy (non-hydrogen) atoms. The lowest BCUT2D eigenvalue weighted by Crippen LogP contribution is -2.27. The lowest BCUT2D eigenvalue weighted by molar-refractivity contribution is 0.318. The van der Waals surface area contributed by atoms with E-state index in [0.717, 1.165) is 15.1 Å². The summed E-state index contributed by atoms with van der Waals surface area (Å²) in [5.74, 6) is 1.16. The van der Waals surface area contributed by atoms with Crippen LogP contribution in [0.25, 0.3) is 0 Å². The molecule has 0 amide bonds. The molecule has 0 bridgehead atoms. The van der Waals surface area contributed by atoms with Crippen LogP contribution in [0.15, 0.2) is 44.4 Å². The summed E-state index contributed by atoms with van der Waals surface area (Å²) in [5.41, 5.74) is 1.12. The molecule has 1 heterocycles. The Morgan fingerprint density at radius 3 is 2.59 bits per heavy atom. The van der Waals surface area contributed by atoms with Crippen molar-refractivity contribution in [3.8, 4) is 5.75 Å². The van der Waals surface area contributed by atoms with Crippen LogP contribution in [0, 0.1) is 0 Å². The van der Waals surface area contributed by atoms with Gasteiger partial charge in [0.25, 0.3) is 0 Å². The molecule has 0 saturated heterocycles. The molecule has 4 nitrogen and oxygen atoms in total. The highest BCUT2D eigenvalue weighted by Gasteiger charge is 2.16. The molecule has 0 saturated carbocycles. The first-order chi connectivity index (χ1) is 10.4. The molecule has 0 aliphatic rings. The van der Waals surface area contributed by atoms with Crippen LogP contribution in [-0.2, 0) is 10.0 Å². The minimum Gasteiger partial charge on any atom is -0.492 e. The largest absolute Gasteiger partial charge is 0.492 e. The summed E-state index contributed by atoms with van der Waals surface area (Å²) >= 11 is 4.44. The number of para-hydroxylation sites is 1. The molecule has 0 fully saturated rings. The van der Waals surface area contributed by atoms with E-state index in [1.807, 2.05) is 24.3 Å². The van der Waals surface area contributed by atoms with E-state index < -0.39 is 10.0 Å². The van der Waals surface area contributed by atoms with Crippen molar-refractivity contribution in [3.05, 3.63) is 45.7 Å². The van der Waals surface area contributed by atoms with Crippen LogP contribution in [0.3, 0.4) is 0 Å². The molecule has 1 aromatic heterocycles. The molecule has 0 atom stereocenters. The highest BCUT2D eigenvalue weighted by atomic mass is 79.9. The van der Waals surface area contributed by atoms with Crippen LogP contribution in [0.5, 0.6) is 5.75 Å². The highest BCUT2D eigenvalue weighted by molar-refractivity contribution is 9.11. The Labute approximate surface area is 143 Å². The first kappa shape index (κ1) is 17.5. The number of halogens is 1. The van der Waals surface area contributed by atoms with E-state index in [2.05, 4.69) is 34.5 Å². The van der Waals surface area contributed by atoms with Gasteiger partial charge in [-0.15, -0.1) is 11.3 Å². The second kappa shape index (κ2) is 7.59. The van der Waals surface area contributed by atoms with Gasteiger partial charge in [0.15, 0.2) is 0 Å². The van der Waals surface area contributed by atoms with Gasteiger partial charge in [-0.2, -0.15) is 0 Å². The minimum absolute atomic E-state index is 0.226. The molecule has 0 spiro atoms. The predicted octanol–water partition coefficient (Wildman–Crippen LogP) is 3.99. The van der Waals surface area contributed by atoms with Crippen LogP contribution in [-0.4, -0.2) is 21.6 Å². The first-order valence-electron chi connectivity index (χ1n) is 6.87. The van der Waals surface area contributed by atoms with E-state index in [0.29, 0.717) is 10.1 Å². The zero-order valence-electron chi connectivity index (χ0n) is 12.4. The minimum atomic E-state index is -3.46. The Hall–Kier alpha value is -0.890. The van der Waals surface area contributed by atoms with E-state index in [1.165, 1.54) is 11.3 Å². The molecule has 0 aliphatic carbocycles. The lowest BCUT2D eigenvalue weighted by atomic mass is 10.0. The molecular weight excluding hydrogens is 386 g/mol. The van der Waals surface area contributed by atoms with E-state index in [9.17, 15) is 8.42 Å². The van der Waals surface area contributed by atoms with Crippen LogP contribution in [0.2, 0.25) is 0 Å². The number of nitrogens with one attached hydrogen (secondary N) is 1. The second-order valence-electron chi connectivity index (χ2n) is 5.00. The van der Waals surface area contributed by atoms with Gasteiger partial charge in [-0.25, -0.2) is 13.1 Å². The third-order valence-electron chi connectivity index (χ3n) is 3.01. The van der Waals surface area contributed by atoms with Crippen molar-refractivity contribution < 1.29 is 13.2 Å². The van der Waals surface area contributed by atoms with Gasteiger partial charge in [-0.3, -0.25) is 0 Å². The topological polar surface area (TPSA) is 55.4 Å². The number of hydrogen-bond acceptors (Lipinski definition) is 4. The van der Waals surface area contributed by atoms with E-state index in [4.69, 9.17) is 4.74 Å². The molecular formula is C15H18BrNO3S2. The zero-order chi connectivity index (χ0) is 16.2. The molecule has 0 aliphatic heterocycles. The Balaban J connectivity index is 1.90. The number of rotatable bonds is 7. The fourth-order valence-electron chi connectivity index (χ4n) is 1.94. The maximum atomic E-state index is 12.1. The summed E-state index contributed by atoms with van der Waals surface area (Å²) in [7, 11) is -3.46. The van der Waals surface area contributed by atoms with E-state index in [-0.39, 0.29) is 13.2 Å². The molecule has 7 heteroatoms. The standard InChI is InChI=1S/C15H18BrNO3S2/c1-11(2)12-5-3-4-6-13(12)20-10-9-17-22(18,19)15-8-7-14(16)21-15/h3-8,11,17H,9-10H2,1-2H3. The molecule has 2 rings (SSSR count). The third-order valence-corrected chi connectivity index (χ3v) is 6.58. The van der Waals surface area contributed by atoms with Crippen molar-refractivity contribution in [2.75, 3.05) is 13.2 Å². The van der Waals surface area contributed by atoms with Crippen molar-refractivity contribution in [2.24, 2.45) is 0 Å². The van der Waals surface area contributed by atoms with Crippen LogP contribution in [0.4, 0.5) is 0 Å². The van der Waals surface area contributed by atoms with Gasteiger partial charge in [0.2, 0.25) is 10.0 Å². The van der Waals surface area contributed by atoms with Gasteiger partial charge < -0.3 is 4.74 Å². The number of hydrogen-bond donors (Lipinski definition) is 1. The summed E-state index contributed by atoms with van der Waals surface area (Å²) in [6, 6.07) is 11.1. The predicted molar refractivity (Wildman–Crippen MR) is 93.2 cm³/mol. The van der Waals surface area contributed by atoms with Crippen LogP contribution >= 0.6 is 27.3 Å². The maximum Gasteiger partial charge on any atom is 0.250 e. The fraction of sp³-hybridized carbons (Fsp3) is 0.333. The van der Waals surface area contributed by atoms with Gasteiger partial charge >= 0.3 is 0 Å². The van der Waals surface area contributed by atoms with E-state index in [1.54, 1.807) is 12.1 Å². The number of sulfonamides is 1. The molecule has 1 aromatic carbocycles. The molecule has 0 radical (unpaired) electrons. The lowest BCUT2D eigenvalue weighted by Gasteiger charge is -2.14. The molecule has 0 unspecified atom stereocenters. The average Bonchev–Trinajstić information content (AvgIpc) is 2.91. The van der Waals surface area contributed by atoms with Crippen molar-refractivity contribution in [1.82, 2.24) is 4.72 Å². The quantitative estimate of drug-likeness (QED) is 0.710. The Morgan fingerprint density at radius 2 is 1.95 bits per heavy atom. The Morgan fingerprint density at radius 1 is 1.23 bits per heavy atom. The average molecular weight is 404 g/mol. The smallest absolute Gasteiger partial charge is 0.250 e. The summed E-state index contributed by atoms with van der Waals surface area (Å²) < 4.78 is 33.4. The molecule has 1 N–H and O–H groups in total. The van der Waals surface area contributed by atoms with Crippen LogP contribution in [0.1, 0.15) is 25.3 Å². The maximum absolute atomic E-state index is 12.1. The summed E-state index contributed by atoms with van der Waals surface area (Å²) in [4.78, 5) is 0. The van der Waals surface area contributed by atoms with Gasteiger partial charge in [0, 0.05) is 6.54 Å². The van der Waals surface area contributed by atoms with Crippen molar-refractivity contribution in [2.45, 2.75) is 24.0 Å². The van der Waals surface area contributed by atoms with Crippen LogP contribution < -0.4 is 9.46 Å². The van der Waals surface area contributed by atoms with Crippen molar-refractivity contribution in [1.29, 1.82) is 0 Å². The monoisotopic (exact) mass is 403 g/mol. The molecule has 2 aromatic rings. The van der Waals surface area contributed by atoms with Gasteiger partial charge in [0.05, 0.1) is 3.79 Å². The fourth-order valence-corrected chi connectivity index (χ4v) is 5.01. The number of thiophene rings is 1. The van der Waals surface area contributed by atoms with Crippen molar-refractivity contribution in [3.63, 3.8) is 0 Å². The Kier molecular flexibility index (Phi) is 6.02. The number of ether oxygens (including phenoxy) is 1. The normalized spacial score (nSPS) is 11.8. The summed E-state index contributed by atoms with van der Waals surface area (Å²) in [5, 5.41) is 0. The number of benzene rings is 1. The van der Waals surface area contributed by atoms with Gasteiger partial charge in [0.1, 0.15) is 16.6 Å². The van der Waals surface area contributed by atoms with Gasteiger partial charge in [-0.05, 0) is 45.6 Å². The first-order valence-corrected chi connectivity index (χ1v) is 9.96.